The average molecular weight is 528 g/mol. The first kappa shape index (κ1) is 24.2. The molecular weight excluding hydrogens is 506 g/mol. The number of methoxy groups -OCH3 is 1. The van der Waals surface area contributed by atoms with Gasteiger partial charge in [-0.1, -0.05) is 42.5 Å². The van der Waals surface area contributed by atoms with Gasteiger partial charge in [0.25, 0.3) is 11.8 Å². The fourth-order valence-corrected chi connectivity index (χ4v) is 3.54. The first-order valence-corrected chi connectivity index (χ1v) is 11.2. The zero-order valence-electron chi connectivity index (χ0n) is 17.8. The van der Waals surface area contributed by atoms with E-state index in [-0.39, 0.29) is 5.11 Å². The van der Waals surface area contributed by atoms with Gasteiger partial charge in [0.15, 0.2) is 5.11 Å². The lowest BCUT2D eigenvalue weighted by atomic mass is 10.2. The van der Waals surface area contributed by atoms with Crippen molar-refractivity contribution in [3.63, 3.8) is 0 Å². The van der Waals surface area contributed by atoms with Crippen molar-refractivity contribution in [1.82, 2.24) is 16.2 Å². The molecule has 0 aromatic heterocycles. The Kier molecular flexibility index (Phi) is 8.79. The molecule has 3 rings (SSSR count). The standard InChI is InChI=1S/C24H22BrN3O4S/c1-31-20-10-6-5-9-18(20)23(30)27-28-24(33)26-22(29)17-11-12-21(19(25)15-17)32-14-13-16-7-3-2-4-8-16/h2-12,15H,13-14H2,1H3,(H,27,30)(H2,26,28,29,33). The Morgan fingerprint density at radius 2 is 1.64 bits per heavy atom. The summed E-state index contributed by atoms with van der Waals surface area (Å²) in [6.07, 6.45) is 0.774. The summed E-state index contributed by atoms with van der Waals surface area (Å²) in [4.78, 5) is 24.8. The van der Waals surface area contributed by atoms with Crippen molar-refractivity contribution in [2.75, 3.05) is 13.7 Å². The molecule has 0 bridgehead atoms. The van der Waals surface area contributed by atoms with E-state index >= 15 is 0 Å². The number of nitrogens with one attached hydrogen (secondary N) is 3. The number of para-hydroxylation sites is 1. The van der Waals surface area contributed by atoms with E-state index in [0.717, 1.165) is 6.42 Å². The number of carbonyl (C=O) groups excluding carboxylic acids is 2. The zero-order valence-corrected chi connectivity index (χ0v) is 20.2. The molecule has 0 heterocycles. The number of carbonyl (C=O) groups is 2. The Morgan fingerprint density at radius 3 is 2.36 bits per heavy atom. The monoisotopic (exact) mass is 527 g/mol. The van der Waals surface area contributed by atoms with Crippen LogP contribution in [-0.4, -0.2) is 30.6 Å². The van der Waals surface area contributed by atoms with E-state index in [4.69, 9.17) is 21.7 Å². The van der Waals surface area contributed by atoms with Crippen molar-refractivity contribution >= 4 is 45.1 Å². The molecule has 0 aliphatic rings. The van der Waals surface area contributed by atoms with Gasteiger partial charge in [-0.2, -0.15) is 0 Å². The van der Waals surface area contributed by atoms with Gasteiger partial charge in [-0.25, -0.2) is 0 Å². The Balaban J connectivity index is 1.49. The van der Waals surface area contributed by atoms with E-state index in [9.17, 15) is 9.59 Å². The van der Waals surface area contributed by atoms with Crippen molar-refractivity contribution in [2.45, 2.75) is 6.42 Å². The maximum atomic E-state index is 12.5. The van der Waals surface area contributed by atoms with Gasteiger partial charge in [-0.15, -0.1) is 0 Å². The fourth-order valence-electron chi connectivity index (χ4n) is 2.90. The van der Waals surface area contributed by atoms with E-state index in [1.54, 1.807) is 42.5 Å². The Bertz CT molecular complexity index is 1140. The second-order valence-electron chi connectivity index (χ2n) is 6.79. The third-order valence-electron chi connectivity index (χ3n) is 4.55. The molecule has 0 fully saturated rings. The summed E-state index contributed by atoms with van der Waals surface area (Å²) in [5.74, 6) is 0.161. The van der Waals surface area contributed by atoms with Crippen molar-refractivity contribution in [1.29, 1.82) is 0 Å². The van der Waals surface area contributed by atoms with Crippen molar-refractivity contribution in [3.8, 4) is 11.5 Å². The molecule has 9 heteroatoms. The fraction of sp³-hybridized carbons (Fsp3) is 0.125. The third kappa shape index (κ3) is 7.03. The van der Waals surface area contributed by atoms with Crippen LogP contribution in [0.15, 0.2) is 77.3 Å². The Morgan fingerprint density at radius 1 is 0.909 bits per heavy atom. The Labute approximate surface area is 205 Å². The molecule has 2 amide bonds. The number of rotatable bonds is 7. The molecule has 3 aromatic rings. The van der Waals surface area contributed by atoms with Crippen LogP contribution in [0.5, 0.6) is 11.5 Å². The summed E-state index contributed by atoms with van der Waals surface area (Å²) in [6, 6.07) is 21.8. The Hall–Kier alpha value is -3.43. The molecule has 3 aromatic carbocycles. The lowest BCUT2D eigenvalue weighted by Crippen LogP contribution is -2.48. The van der Waals surface area contributed by atoms with E-state index in [1.165, 1.54) is 12.7 Å². The van der Waals surface area contributed by atoms with E-state index in [1.807, 2.05) is 30.3 Å². The quantitative estimate of drug-likeness (QED) is 0.317. The van der Waals surface area contributed by atoms with E-state index in [0.29, 0.717) is 33.7 Å². The largest absolute Gasteiger partial charge is 0.496 e. The molecule has 33 heavy (non-hydrogen) atoms. The van der Waals surface area contributed by atoms with Gasteiger partial charge in [-0.3, -0.25) is 25.8 Å². The second-order valence-corrected chi connectivity index (χ2v) is 8.05. The van der Waals surface area contributed by atoms with E-state index < -0.39 is 11.8 Å². The van der Waals surface area contributed by atoms with Gasteiger partial charge in [0.1, 0.15) is 11.5 Å². The first-order chi connectivity index (χ1) is 16.0. The molecule has 0 aliphatic carbocycles. The van der Waals surface area contributed by atoms with Crippen molar-refractivity contribution < 1.29 is 19.1 Å². The summed E-state index contributed by atoms with van der Waals surface area (Å²) in [6.45, 7) is 0.508. The number of hydrogen-bond donors (Lipinski definition) is 3. The van der Waals surface area contributed by atoms with Gasteiger partial charge in [0.2, 0.25) is 0 Å². The highest BCUT2D eigenvalue weighted by Gasteiger charge is 2.14. The smallest absolute Gasteiger partial charge is 0.273 e. The van der Waals surface area contributed by atoms with Gasteiger partial charge >= 0.3 is 0 Å². The average Bonchev–Trinajstić information content (AvgIpc) is 2.84. The van der Waals surface area contributed by atoms with Gasteiger partial charge in [0.05, 0.1) is 23.8 Å². The highest BCUT2D eigenvalue weighted by Crippen LogP contribution is 2.26. The number of amides is 2. The molecule has 3 N–H and O–H groups in total. The second kappa shape index (κ2) is 12.0. The van der Waals surface area contributed by atoms with Crippen LogP contribution >= 0.6 is 28.1 Å². The molecule has 0 spiro atoms. The molecule has 0 saturated carbocycles. The summed E-state index contributed by atoms with van der Waals surface area (Å²) >= 11 is 8.53. The minimum atomic E-state index is -0.455. The number of hydrazine groups is 1. The van der Waals surface area contributed by atoms with Gasteiger partial charge in [-0.05, 0) is 64.0 Å². The number of ether oxygens (including phenoxy) is 2. The predicted octanol–water partition coefficient (Wildman–Crippen LogP) is 4.03. The summed E-state index contributed by atoms with van der Waals surface area (Å²) < 4.78 is 11.6. The van der Waals surface area contributed by atoms with Crippen LogP contribution in [0, 0.1) is 0 Å². The highest BCUT2D eigenvalue weighted by atomic mass is 79.9. The minimum Gasteiger partial charge on any atom is -0.496 e. The van der Waals surface area contributed by atoms with Crippen LogP contribution in [0.25, 0.3) is 0 Å². The van der Waals surface area contributed by atoms with Crippen molar-refractivity contribution in [3.05, 3.63) is 94.0 Å². The maximum absolute atomic E-state index is 12.5. The summed E-state index contributed by atoms with van der Waals surface area (Å²) in [5.41, 5.74) is 6.83. The number of thiocarbonyl (C=S) groups is 1. The molecule has 7 nitrogen and oxygen atoms in total. The highest BCUT2D eigenvalue weighted by molar-refractivity contribution is 9.10. The SMILES string of the molecule is COc1ccccc1C(=O)NNC(=S)NC(=O)c1ccc(OCCc2ccccc2)c(Br)c1. The van der Waals surface area contributed by atoms with Crippen LogP contribution < -0.4 is 25.6 Å². The summed E-state index contributed by atoms with van der Waals surface area (Å²) in [7, 11) is 1.47. The zero-order chi connectivity index (χ0) is 23.6. The van der Waals surface area contributed by atoms with Crippen LogP contribution in [0.2, 0.25) is 0 Å². The van der Waals surface area contributed by atoms with Gasteiger partial charge < -0.3 is 9.47 Å². The lowest BCUT2D eigenvalue weighted by molar-refractivity contribution is 0.0932. The van der Waals surface area contributed by atoms with Gasteiger partial charge in [0, 0.05) is 12.0 Å². The van der Waals surface area contributed by atoms with Crippen LogP contribution in [0.3, 0.4) is 0 Å². The molecule has 0 saturated heterocycles. The third-order valence-corrected chi connectivity index (χ3v) is 5.38. The normalized spacial score (nSPS) is 10.1. The topological polar surface area (TPSA) is 88.7 Å². The molecular formula is C24H22BrN3O4S. The minimum absolute atomic E-state index is 0.0532. The number of halogens is 1. The van der Waals surface area contributed by atoms with Crippen LogP contribution in [0.4, 0.5) is 0 Å². The van der Waals surface area contributed by atoms with Crippen LogP contribution in [-0.2, 0) is 6.42 Å². The lowest BCUT2D eigenvalue weighted by Gasteiger charge is -2.13. The molecule has 170 valence electrons. The first-order valence-electron chi connectivity index (χ1n) is 9.99. The van der Waals surface area contributed by atoms with Crippen LogP contribution in [0.1, 0.15) is 26.3 Å². The molecule has 0 atom stereocenters. The maximum Gasteiger partial charge on any atom is 0.273 e. The van der Waals surface area contributed by atoms with E-state index in [2.05, 4.69) is 32.1 Å². The molecule has 0 radical (unpaired) electrons. The predicted molar refractivity (Wildman–Crippen MR) is 133 cm³/mol. The molecule has 0 unspecified atom stereocenters. The molecule has 0 aliphatic heterocycles. The van der Waals surface area contributed by atoms with Crippen molar-refractivity contribution in [2.24, 2.45) is 0 Å². The number of benzene rings is 3. The number of hydrogen-bond acceptors (Lipinski definition) is 5. The summed E-state index contributed by atoms with van der Waals surface area (Å²) in [5, 5.41) is 2.46.